The Hall–Kier alpha value is -4.47. The van der Waals surface area contributed by atoms with E-state index in [1.54, 1.807) is 30.3 Å². The zero-order chi connectivity index (χ0) is 23.8. The number of furan rings is 1. The molecule has 10 heteroatoms. The second-order valence-electron chi connectivity index (χ2n) is 6.51. The quantitative estimate of drug-likeness (QED) is 0.472. The van der Waals surface area contributed by atoms with E-state index in [0.29, 0.717) is 11.4 Å². The van der Waals surface area contributed by atoms with Gasteiger partial charge in [-0.2, -0.15) is 0 Å². The summed E-state index contributed by atoms with van der Waals surface area (Å²) in [5.74, 6) is -1.01. The second kappa shape index (κ2) is 10.7. The summed E-state index contributed by atoms with van der Waals surface area (Å²) in [6, 6.07) is 12.6. The molecular weight excluding hydrogens is 432 g/mol. The number of esters is 1. The normalized spacial score (nSPS) is 10.2. The number of carbonyl (C=O) groups is 3. The number of ether oxygens (including phenoxy) is 4. The highest BCUT2D eigenvalue weighted by Crippen LogP contribution is 2.34. The number of para-hydroxylation sites is 2. The number of hydrogen-bond donors (Lipinski definition) is 2. The van der Waals surface area contributed by atoms with Crippen LogP contribution in [0.2, 0.25) is 0 Å². The molecule has 0 fully saturated rings. The van der Waals surface area contributed by atoms with Crippen LogP contribution < -0.4 is 24.8 Å². The molecule has 0 unspecified atom stereocenters. The van der Waals surface area contributed by atoms with Crippen molar-refractivity contribution in [3.05, 3.63) is 66.1 Å². The SMILES string of the molecule is COc1ccccc1NC(=O)COC(=O)c1cc(OC)c(OC)cc1NC(=O)c1ccco1. The van der Waals surface area contributed by atoms with Gasteiger partial charge in [-0.1, -0.05) is 12.1 Å². The number of anilines is 2. The molecule has 0 saturated carbocycles. The second-order valence-corrected chi connectivity index (χ2v) is 6.51. The predicted octanol–water partition coefficient (Wildman–Crippen LogP) is 3.35. The first-order valence-electron chi connectivity index (χ1n) is 9.67. The largest absolute Gasteiger partial charge is 0.495 e. The third-order valence-electron chi connectivity index (χ3n) is 4.45. The third kappa shape index (κ3) is 5.62. The van der Waals surface area contributed by atoms with Gasteiger partial charge in [-0.15, -0.1) is 0 Å². The third-order valence-corrected chi connectivity index (χ3v) is 4.45. The summed E-state index contributed by atoms with van der Waals surface area (Å²) in [5, 5.41) is 5.18. The van der Waals surface area contributed by atoms with Gasteiger partial charge in [0.05, 0.1) is 44.5 Å². The maximum absolute atomic E-state index is 12.8. The maximum atomic E-state index is 12.8. The minimum Gasteiger partial charge on any atom is -0.495 e. The number of nitrogens with one attached hydrogen (secondary N) is 2. The first-order valence-corrected chi connectivity index (χ1v) is 9.67. The lowest BCUT2D eigenvalue weighted by Gasteiger charge is -2.15. The summed E-state index contributed by atoms with van der Waals surface area (Å²) < 4.78 is 25.9. The fraction of sp³-hybridized carbons (Fsp3) is 0.174. The summed E-state index contributed by atoms with van der Waals surface area (Å²) >= 11 is 0. The van der Waals surface area contributed by atoms with Gasteiger partial charge < -0.3 is 34.0 Å². The first-order chi connectivity index (χ1) is 16.0. The Kier molecular flexibility index (Phi) is 7.53. The van der Waals surface area contributed by atoms with Gasteiger partial charge in [0.25, 0.3) is 11.8 Å². The van der Waals surface area contributed by atoms with Crippen LogP contribution in [0.4, 0.5) is 11.4 Å². The van der Waals surface area contributed by atoms with Crippen LogP contribution in [0.5, 0.6) is 17.2 Å². The van der Waals surface area contributed by atoms with Crippen molar-refractivity contribution in [1.82, 2.24) is 0 Å². The van der Waals surface area contributed by atoms with Crippen molar-refractivity contribution in [2.24, 2.45) is 0 Å². The van der Waals surface area contributed by atoms with E-state index in [4.69, 9.17) is 23.4 Å². The summed E-state index contributed by atoms with van der Waals surface area (Å²) in [5.41, 5.74) is 0.473. The van der Waals surface area contributed by atoms with Crippen LogP contribution in [0, 0.1) is 0 Å². The molecule has 172 valence electrons. The lowest BCUT2D eigenvalue weighted by atomic mass is 10.1. The van der Waals surface area contributed by atoms with Gasteiger partial charge in [0.15, 0.2) is 23.9 Å². The molecule has 0 aliphatic heterocycles. The van der Waals surface area contributed by atoms with E-state index in [-0.39, 0.29) is 28.5 Å². The topological polar surface area (TPSA) is 125 Å². The van der Waals surface area contributed by atoms with Crippen molar-refractivity contribution in [2.75, 3.05) is 38.6 Å². The molecule has 0 aliphatic carbocycles. The smallest absolute Gasteiger partial charge is 0.340 e. The van der Waals surface area contributed by atoms with E-state index < -0.39 is 24.4 Å². The Morgan fingerprint density at radius 2 is 1.52 bits per heavy atom. The number of methoxy groups -OCH3 is 3. The number of amides is 2. The molecule has 0 atom stereocenters. The molecule has 2 N–H and O–H groups in total. The molecule has 0 aliphatic rings. The molecule has 0 radical (unpaired) electrons. The molecule has 2 aromatic carbocycles. The van der Waals surface area contributed by atoms with Gasteiger partial charge in [0, 0.05) is 12.1 Å². The van der Waals surface area contributed by atoms with Crippen molar-refractivity contribution >= 4 is 29.2 Å². The number of carbonyl (C=O) groups excluding carboxylic acids is 3. The minimum atomic E-state index is -0.860. The van der Waals surface area contributed by atoms with E-state index in [1.807, 2.05) is 0 Å². The number of rotatable bonds is 9. The monoisotopic (exact) mass is 454 g/mol. The fourth-order valence-corrected chi connectivity index (χ4v) is 2.89. The maximum Gasteiger partial charge on any atom is 0.340 e. The summed E-state index contributed by atoms with van der Waals surface area (Å²) in [4.78, 5) is 37.5. The number of hydrogen-bond acceptors (Lipinski definition) is 8. The van der Waals surface area contributed by atoms with Crippen LogP contribution in [-0.2, 0) is 9.53 Å². The van der Waals surface area contributed by atoms with Gasteiger partial charge in [-0.3, -0.25) is 9.59 Å². The molecule has 33 heavy (non-hydrogen) atoms. The van der Waals surface area contributed by atoms with Gasteiger partial charge in [0.2, 0.25) is 0 Å². The molecule has 1 heterocycles. The van der Waals surface area contributed by atoms with Crippen LogP contribution in [0.1, 0.15) is 20.9 Å². The molecule has 3 aromatic rings. The highest BCUT2D eigenvalue weighted by atomic mass is 16.5. The fourth-order valence-electron chi connectivity index (χ4n) is 2.89. The van der Waals surface area contributed by atoms with Gasteiger partial charge in [-0.05, 0) is 24.3 Å². The lowest BCUT2D eigenvalue weighted by Crippen LogP contribution is -2.22. The van der Waals surface area contributed by atoms with Gasteiger partial charge in [-0.25, -0.2) is 4.79 Å². The molecule has 0 saturated heterocycles. The first kappa shape index (κ1) is 23.2. The Labute approximate surface area is 189 Å². The van der Waals surface area contributed by atoms with E-state index >= 15 is 0 Å². The van der Waals surface area contributed by atoms with Crippen LogP contribution in [0.25, 0.3) is 0 Å². The van der Waals surface area contributed by atoms with Crippen molar-refractivity contribution in [3.63, 3.8) is 0 Å². The van der Waals surface area contributed by atoms with Crippen molar-refractivity contribution in [1.29, 1.82) is 0 Å². The summed E-state index contributed by atoms with van der Waals surface area (Å²) in [7, 11) is 4.28. The average molecular weight is 454 g/mol. The molecule has 0 bridgehead atoms. The molecule has 3 rings (SSSR count). The predicted molar refractivity (Wildman–Crippen MR) is 118 cm³/mol. The van der Waals surface area contributed by atoms with Crippen molar-refractivity contribution in [2.45, 2.75) is 0 Å². The van der Waals surface area contributed by atoms with Gasteiger partial charge >= 0.3 is 5.97 Å². The Balaban J connectivity index is 1.77. The minimum absolute atomic E-state index is 0.0419. The van der Waals surface area contributed by atoms with E-state index in [0.717, 1.165) is 0 Å². The average Bonchev–Trinajstić information content (AvgIpc) is 3.38. The Bertz CT molecular complexity index is 1140. The summed E-state index contributed by atoms with van der Waals surface area (Å²) in [6.07, 6.45) is 1.35. The molecule has 10 nitrogen and oxygen atoms in total. The van der Waals surface area contributed by atoms with Crippen LogP contribution in [0.15, 0.2) is 59.2 Å². The van der Waals surface area contributed by atoms with Gasteiger partial charge in [0.1, 0.15) is 5.75 Å². The standard InChI is InChI=1S/C23H22N2O8/c1-29-17-8-5-4-7-15(17)24-21(26)13-33-23(28)14-11-19(30-2)20(31-3)12-16(14)25-22(27)18-9-6-10-32-18/h4-12H,13H2,1-3H3,(H,24,26)(H,25,27). The van der Waals surface area contributed by atoms with Crippen LogP contribution in [-0.4, -0.2) is 45.7 Å². The van der Waals surface area contributed by atoms with Crippen LogP contribution >= 0.6 is 0 Å². The molecule has 1 aromatic heterocycles. The lowest BCUT2D eigenvalue weighted by molar-refractivity contribution is -0.119. The highest BCUT2D eigenvalue weighted by molar-refractivity contribution is 6.07. The molecular formula is C23H22N2O8. The zero-order valence-electron chi connectivity index (χ0n) is 18.2. The van der Waals surface area contributed by atoms with E-state index in [9.17, 15) is 14.4 Å². The van der Waals surface area contributed by atoms with E-state index in [1.165, 1.54) is 45.8 Å². The Morgan fingerprint density at radius 1 is 0.818 bits per heavy atom. The molecule has 0 spiro atoms. The molecule has 2 amide bonds. The highest BCUT2D eigenvalue weighted by Gasteiger charge is 2.22. The summed E-state index contributed by atoms with van der Waals surface area (Å²) in [6.45, 7) is -0.573. The van der Waals surface area contributed by atoms with E-state index in [2.05, 4.69) is 10.6 Å². The zero-order valence-corrected chi connectivity index (χ0v) is 18.2. The van der Waals surface area contributed by atoms with Crippen molar-refractivity contribution in [3.8, 4) is 17.2 Å². The van der Waals surface area contributed by atoms with Crippen molar-refractivity contribution < 1.29 is 37.7 Å². The number of benzene rings is 2. The Morgan fingerprint density at radius 3 is 2.18 bits per heavy atom. The van der Waals surface area contributed by atoms with Crippen LogP contribution in [0.3, 0.4) is 0 Å².